The normalized spacial score (nSPS) is 10.4. The van der Waals surface area contributed by atoms with Gasteiger partial charge >= 0.3 is 0 Å². The molecule has 2 aromatic rings. The molecule has 0 amide bonds. The lowest BCUT2D eigenvalue weighted by molar-refractivity contribution is 0.103. The molecule has 82 valence electrons. The Morgan fingerprint density at radius 1 is 1.44 bits per heavy atom. The van der Waals surface area contributed by atoms with Crippen LogP contribution in [0.2, 0.25) is 0 Å². The molecule has 0 atom stereocenters. The standard InChI is InChI=1S/C12H13N3O/c1-3-15-8-11(7-14-15)12(16)10-4-5-13-9(2)6-10/h4-8H,3H2,1-2H3. The number of carbonyl (C=O) groups excluding carboxylic acids is 1. The largest absolute Gasteiger partial charge is 0.288 e. The van der Waals surface area contributed by atoms with E-state index in [9.17, 15) is 4.79 Å². The summed E-state index contributed by atoms with van der Waals surface area (Å²) < 4.78 is 1.74. The smallest absolute Gasteiger partial charge is 0.196 e. The highest BCUT2D eigenvalue weighted by atomic mass is 16.1. The monoisotopic (exact) mass is 215 g/mol. The molecule has 0 saturated carbocycles. The fourth-order valence-corrected chi connectivity index (χ4v) is 1.51. The predicted molar refractivity (Wildman–Crippen MR) is 60.3 cm³/mol. The first-order chi connectivity index (χ1) is 7.70. The quantitative estimate of drug-likeness (QED) is 0.734. The molecule has 0 radical (unpaired) electrons. The number of hydrogen-bond donors (Lipinski definition) is 0. The van der Waals surface area contributed by atoms with Gasteiger partial charge in [-0.15, -0.1) is 0 Å². The Kier molecular flexibility index (Phi) is 2.81. The molecule has 0 bridgehead atoms. The van der Waals surface area contributed by atoms with Crippen molar-refractivity contribution in [3.8, 4) is 0 Å². The molecule has 0 aliphatic heterocycles. The molecule has 0 fully saturated rings. The third-order valence-electron chi connectivity index (χ3n) is 2.38. The maximum absolute atomic E-state index is 12.0. The summed E-state index contributed by atoms with van der Waals surface area (Å²) in [5.41, 5.74) is 2.12. The van der Waals surface area contributed by atoms with E-state index in [2.05, 4.69) is 10.1 Å². The fourth-order valence-electron chi connectivity index (χ4n) is 1.51. The molecule has 0 N–H and O–H groups in total. The molecule has 0 spiro atoms. The summed E-state index contributed by atoms with van der Waals surface area (Å²) in [5.74, 6) is -0.00907. The maximum Gasteiger partial charge on any atom is 0.196 e. The average molecular weight is 215 g/mol. The Labute approximate surface area is 93.9 Å². The van der Waals surface area contributed by atoms with Crippen molar-refractivity contribution >= 4 is 5.78 Å². The molecule has 0 saturated heterocycles. The zero-order valence-electron chi connectivity index (χ0n) is 9.34. The van der Waals surface area contributed by atoms with Crippen LogP contribution >= 0.6 is 0 Å². The van der Waals surface area contributed by atoms with E-state index in [0.29, 0.717) is 11.1 Å². The Morgan fingerprint density at radius 3 is 2.88 bits per heavy atom. The average Bonchev–Trinajstić information content (AvgIpc) is 2.76. The van der Waals surface area contributed by atoms with Gasteiger partial charge in [0.2, 0.25) is 0 Å². The molecule has 4 heteroatoms. The molecule has 0 aliphatic rings. The summed E-state index contributed by atoms with van der Waals surface area (Å²) in [4.78, 5) is 16.1. The van der Waals surface area contributed by atoms with Crippen molar-refractivity contribution in [3.05, 3.63) is 47.5 Å². The lowest BCUT2D eigenvalue weighted by atomic mass is 10.1. The molecular weight excluding hydrogens is 202 g/mol. The van der Waals surface area contributed by atoms with Crippen molar-refractivity contribution in [2.75, 3.05) is 0 Å². The van der Waals surface area contributed by atoms with Crippen LogP contribution in [-0.4, -0.2) is 20.5 Å². The summed E-state index contributed by atoms with van der Waals surface area (Å²) >= 11 is 0. The molecule has 0 unspecified atom stereocenters. The number of rotatable bonds is 3. The molecule has 0 aromatic carbocycles. The zero-order chi connectivity index (χ0) is 11.5. The van der Waals surface area contributed by atoms with Gasteiger partial charge in [0, 0.05) is 30.2 Å². The van der Waals surface area contributed by atoms with Crippen molar-refractivity contribution in [2.24, 2.45) is 0 Å². The summed E-state index contributed by atoms with van der Waals surface area (Å²) in [5, 5.41) is 4.08. The fraction of sp³-hybridized carbons (Fsp3) is 0.250. The third kappa shape index (κ3) is 2.00. The Hall–Kier alpha value is -1.97. The van der Waals surface area contributed by atoms with Gasteiger partial charge in [0.15, 0.2) is 5.78 Å². The second-order valence-electron chi connectivity index (χ2n) is 3.60. The van der Waals surface area contributed by atoms with E-state index in [1.165, 1.54) is 0 Å². The second-order valence-corrected chi connectivity index (χ2v) is 3.60. The molecule has 0 aliphatic carbocycles. The predicted octanol–water partition coefficient (Wildman–Crippen LogP) is 1.84. The van der Waals surface area contributed by atoms with Gasteiger partial charge in [-0.3, -0.25) is 14.5 Å². The van der Waals surface area contributed by atoms with Crippen LogP contribution in [0.4, 0.5) is 0 Å². The number of pyridine rings is 1. The number of nitrogens with zero attached hydrogens (tertiary/aromatic N) is 3. The highest BCUT2D eigenvalue weighted by molar-refractivity contribution is 6.08. The highest BCUT2D eigenvalue weighted by Crippen LogP contribution is 2.09. The Bertz CT molecular complexity index is 516. The highest BCUT2D eigenvalue weighted by Gasteiger charge is 2.11. The van der Waals surface area contributed by atoms with Crippen molar-refractivity contribution < 1.29 is 4.79 Å². The zero-order valence-corrected chi connectivity index (χ0v) is 9.34. The van der Waals surface area contributed by atoms with E-state index in [0.717, 1.165) is 12.2 Å². The van der Waals surface area contributed by atoms with Crippen LogP contribution < -0.4 is 0 Å². The lowest BCUT2D eigenvalue weighted by Gasteiger charge is -1.98. The van der Waals surface area contributed by atoms with Crippen LogP contribution in [0.5, 0.6) is 0 Å². The number of carbonyl (C=O) groups is 1. The van der Waals surface area contributed by atoms with Crippen LogP contribution in [0.1, 0.15) is 28.5 Å². The SMILES string of the molecule is CCn1cc(C(=O)c2ccnc(C)c2)cn1. The van der Waals surface area contributed by atoms with Gasteiger partial charge in [-0.25, -0.2) is 0 Å². The van der Waals surface area contributed by atoms with Crippen LogP contribution in [0.15, 0.2) is 30.7 Å². The molecule has 16 heavy (non-hydrogen) atoms. The Morgan fingerprint density at radius 2 is 2.25 bits per heavy atom. The van der Waals surface area contributed by atoms with Crippen LogP contribution in [-0.2, 0) is 6.54 Å². The number of hydrogen-bond acceptors (Lipinski definition) is 3. The first-order valence-corrected chi connectivity index (χ1v) is 5.20. The molecule has 4 nitrogen and oxygen atoms in total. The Balaban J connectivity index is 2.31. The third-order valence-corrected chi connectivity index (χ3v) is 2.38. The van der Waals surface area contributed by atoms with E-state index in [-0.39, 0.29) is 5.78 Å². The van der Waals surface area contributed by atoms with Gasteiger partial charge in [0.25, 0.3) is 0 Å². The van der Waals surface area contributed by atoms with E-state index >= 15 is 0 Å². The molecule has 2 rings (SSSR count). The van der Waals surface area contributed by atoms with E-state index in [1.807, 2.05) is 13.8 Å². The van der Waals surface area contributed by atoms with Crippen LogP contribution in [0.3, 0.4) is 0 Å². The maximum atomic E-state index is 12.0. The van der Waals surface area contributed by atoms with Crippen LogP contribution in [0, 0.1) is 6.92 Å². The van der Waals surface area contributed by atoms with Gasteiger partial charge in [-0.2, -0.15) is 5.10 Å². The first kappa shape index (κ1) is 10.5. The van der Waals surface area contributed by atoms with E-state index < -0.39 is 0 Å². The van der Waals surface area contributed by atoms with Crippen molar-refractivity contribution in [1.29, 1.82) is 0 Å². The molecule has 2 heterocycles. The number of ketones is 1. The second kappa shape index (κ2) is 4.26. The first-order valence-electron chi connectivity index (χ1n) is 5.20. The van der Waals surface area contributed by atoms with Crippen molar-refractivity contribution in [2.45, 2.75) is 20.4 Å². The van der Waals surface area contributed by atoms with Crippen molar-refractivity contribution in [3.63, 3.8) is 0 Å². The summed E-state index contributed by atoms with van der Waals surface area (Å²) in [7, 11) is 0. The summed E-state index contributed by atoms with van der Waals surface area (Å²) in [6.07, 6.45) is 5.01. The van der Waals surface area contributed by atoms with Crippen molar-refractivity contribution in [1.82, 2.24) is 14.8 Å². The lowest BCUT2D eigenvalue weighted by Crippen LogP contribution is -2.01. The summed E-state index contributed by atoms with van der Waals surface area (Å²) in [6, 6.07) is 3.50. The minimum atomic E-state index is -0.00907. The van der Waals surface area contributed by atoms with E-state index in [4.69, 9.17) is 0 Å². The topological polar surface area (TPSA) is 47.8 Å². The van der Waals surface area contributed by atoms with Gasteiger partial charge in [0.05, 0.1) is 11.8 Å². The minimum Gasteiger partial charge on any atom is -0.288 e. The number of aromatic nitrogens is 3. The van der Waals surface area contributed by atoms with E-state index in [1.54, 1.807) is 35.4 Å². The van der Waals surface area contributed by atoms with Crippen LogP contribution in [0.25, 0.3) is 0 Å². The number of aryl methyl sites for hydroxylation is 2. The molecular formula is C12H13N3O. The van der Waals surface area contributed by atoms with Gasteiger partial charge in [-0.05, 0) is 26.0 Å². The van der Waals surface area contributed by atoms with Gasteiger partial charge in [-0.1, -0.05) is 0 Å². The summed E-state index contributed by atoms with van der Waals surface area (Å²) in [6.45, 7) is 4.62. The van der Waals surface area contributed by atoms with Gasteiger partial charge in [0.1, 0.15) is 0 Å². The molecule has 2 aromatic heterocycles. The minimum absolute atomic E-state index is 0.00907. The van der Waals surface area contributed by atoms with Gasteiger partial charge < -0.3 is 0 Å².